The Bertz CT molecular complexity index is 143. The van der Waals surface area contributed by atoms with Gasteiger partial charge < -0.3 is 14.8 Å². The molecule has 4 nitrogen and oxygen atoms in total. The van der Waals surface area contributed by atoms with Crippen LogP contribution in [0.4, 0.5) is 4.79 Å². The van der Waals surface area contributed by atoms with Crippen LogP contribution in [0.2, 0.25) is 0 Å². The van der Waals surface area contributed by atoms with E-state index in [0.717, 1.165) is 0 Å². The first-order valence-electron chi connectivity index (χ1n) is 3.73. The molecule has 1 N–H and O–H groups in total. The molecule has 0 bridgehead atoms. The number of amides is 1. The summed E-state index contributed by atoms with van der Waals surface area (Å²) in [5, 5.41) is 2.63. The number of ether oxygens (including phenoxy) is 2. The second kappa shape index (κ2) is 3.57. The Kier molecular flexibility index (Phi) is 2.70. The third-order valence-electron chi connectivity index (χ3n) is 1.29. The molecule has 64 valence electrons. The largest absolute Gasteiger partial charge is 0.441 e. The van der Waals surface area contributed by atoms with E-state index in [1.54, 1.807) is 0 Å². The van der Waals surface area contributed by atoms with Crippen LogP contribution in [-0.2, 0) is 9.47 Å². The van der Waals surface area contributed by atoms with E-state index < -0.39 is 0 Å². The van der Waals surface area contributed by atoms with Crippen molar-refractivity contribution in [1.82, 2.24) is 5.32 Å². The van der Waals surface area contributed by atoms with Gasteiger partial charge in [-0.2, -0.15) is 0 Å². The van der Waals surface area contributed by atoms with Crippen molar-refractivity contribution in [2.75, 3.05) is 13.2 Å². The second-order valence-electron chi connectivity index (χ2n) is 2.86. The Labute approximate surface area is 65.9 Å². The summed E-state index contributed by atoms with van der Waals surface area (Å²) in [5.41, 5.74) is 0. The van der Waals surface area contributed by atoms with Gasteiger partial charge in [0.05, 0.1) is 13.2 Å². The number of carbonyl (C=O) groups is 1. The van der Waals surface area contributed by atoms with E-state index in [-0.39, 0.29) is 18.2 Å². The number of alkyl carbamates (subject to hydrolysis) is 1. The fourth-order valence-electron chi connectivity index (χ4n) is 0.703. The minimum atomic E-state index is -0.353. The topological polar surface area (TPSA) is 47.6 Å². The van der Waals surface area contributed by atoms with E-state index in [1.807, 2.05) is 13.8 Å². The number of nitrogens with one attached hydrogen (secondary N) is 1. The van der Waals surface area contributed by atoms with Crippen LogP contribution in [0.5, 0.6) is 0 Å². The first-order valence-corrected chi connectivity index (χ1v) is 3.73. The summed E-state index contributed by atoms with van der Waals surface area (Å²) in [6.07, 6.45) is -0.387. The Morgan fingerprint density at radius 2 is 2.27 bits per heavy atom. The monoisotopic (exact) mass is 159 g/mol. The lowest BCUT2D eigenvalue weighted by molar-refractivity contribution is -0.0982. The fraction of sp³-hybridized carbons (Fsp3) is 0.857. The van der Waals surface area contributed by atoms with E-state index in [1.165, 1.54) is 0 Å². The van der Waals surface area contributed by atoms with Crippen molar-refractivity contribution < 1.29 is 14.3 Å². The average Bonchev–Trinajstić information content (AvgIpc) is 1.77. The summed E-state index contributed by atoms with van der Waals surface area (Å²) in [5.74, 6) is 0. The van der Waals surface area contributed by atoms with Crippen LogP contribution in [0.3, 0.4) is 0 Å². The molecule has 1 fully saturated rings. The Balaban J connectivity index is 2.09. The van der Waals surface area contributed by atoms with Crippen molar-refractivity contribution in [3.63, 3.8) is 0 Å². The summed E-state index contributed by atoms with van der Waals surface area (Å²) < 4.78 is 9.76. The summed E-state index contributed by atoms with van der Waals surface area (Å²) in [4.78, 5) is 10.9. The van der Waals surface area contributed by atoms with Gasteiger partial charge in [-0.3, -0.25) is 0 Å². The van der Waals surface area contributed by atoms with E-state index in [9.17, 15) is 4.79 Å². The highest BCUT2D eigenvalue weighted by atomic mass is 16.6. The van der Waals surface area contributed by atoms with Gasteiger partial charge in [0.25, 0.3) is 0 Å². The van der Waals surface area contributed by atoms with Crippen LogP contribution in [0, 0.1) is 0 Å². The summed E-state index contributed by atoms with van der Waals surface area (Å²) in [6, 6.07) is 0.128. The Morgan fingerprint density at radius 1 is 1.64 bits per heavy atom. The van der Waals surface area contributed by atoms with Gasteiger partial charge >= 0.3 is 6.09 Å². The van der Waals surface area contributed by atoms with Crippen LogP contribution in [0.25, 0.3) is 0 Å². The summed E-state index contributed by atoms with van der Waals surface area (Å²) in [7, 11) is 0. The zero-order valence-corrected chi connectivity index (χ0v) is 6.79. The molecule has 0 aromatic carbocycles. The molecule has 1 rings (SSSR count). The molecule has 0 radical (unpaired) electrons. The SMILES string of the molecule is CC(C)NC(=O)OC1COC1. The summed E-state index contributed by atoms with van der Waals surface area (Å²) >= 11 is 0. The molecule has 4 heteroatoms. The lowest BCUT2D eigenvalue weighted by atomic mass is 10.3. The standard InChI is InChI=1S/C7H13NO3/c1-5(2)8-7(9)11-6-3-10-4-6/h5-6H,3-4H2,1-2H3,(H,8,9). The van der Waals surface area contributed by atoms with Crippen LogP contribution >= 0.6 is 0 Å². The number of hydrogen-bond acceptors (Lipinski definition) is 3. The first kappa shape index (κ1) is 8.33. The van der Waals surface area contributed by atoms with Crippen LogP contribution in [0.1, 0.15) is 13.8 Å². The van der Waals surface area contributed by atoms with Gasteiger partial charge in [0, 0.05) is 6.04 Å². The van der Waals surface area contributed by atoms with Crippen molar-refractivity contribution in [3.8, 4) is 0 Å². The van der Waals surface area contributed by atoms with Crippen molar-refractivity contribution >= 4 is 6.09 Å². The molecule has 1 heterocycles. The maximum absolute atomic E-state index is 10.9. The highest BCUT2D eigenvalue weighted by Gasteiger charge is 2.22. The molecular formula is C7H13NO3. The predicted molar refractivity (Wildman–Crippen MR) is 39.4 cm³/mol. The van der Waals surface area contributed by atoms with Crippen LogP contribution < -0.4 is 5.32 Å². The van der Waals surface area contributed by atoms with Crippen molar-refractivity contribution in [1.29, 1.82) is 0 Å². The van der Waals surface area contributed by atoms with Gasteiger partial charge in [0.1, 0.15) is 0 Å². The first-order chi connectivity index (χ1) is 5.18. The third-order valence-corrected chi connectivity index (χ3v) is 1.29. The zero-order valence-electron chi connectivity index (χ0n) is 6.79. The molecule has 0 aliphatic carbocycles. The average molecular weight is 159 g/mol. The Morgan fingerprint density at radius 3 is 2.64 bits per heavy atom. The molecule has 1 saturated heterocycles. The number of rotatable bonds is 2. The highest BCUT2D eigenvalue weighted by Crippen LogP contribution is 2.04. The minimum absolute atomic E-state index is 0.0336. The van der Waals surface area contributed by atoms with E-state index in [2.05, 4.69) is 5.32 Å². The van der Waals surface area contributed by atoms with Gasteiger partial charge in [0.2, 0.25) is 0 Å². The molecule has 11 heavy (non-hydrogen) atoms. The van der Waals surface area contributed by atoms with Crippen molar-refractivity contribution in [2.45, 2.75) is 26.0 Å². The van der Waals surface area contributed by atoms with Gasteiger partial charge in [0.15, 0.2) is 6.10 Å². The molecule has 1 amide bonds. The number of hydrogen-bond donors (Lipinski definition) is 1. The second-order valence-corrected chi connectivity index (χ2v) is 2.86. The molecule has 0 unspecified atom stereocenters. The van der Waals surface area contributed by atoms with E-state index in [0.29, 0.717) is 13.2 Å². The number of carbonyl (C=O) groups excluding carboxylic acids is 1. The van der Waals surface area contributed by atoms with Crippen molar-refractivity contribution in [3.05, 3.63) is 0 Å². The molecule has 0 saturated carbocycles. The molecule has 0 aromatic rings. The molecule has 0 spiro atoms. The van der Waals surface area contributed by atoms with E-state index in [4.69, 9.17) is 9.47 Å². The quantitative estimate of drug-likeness (QED) is 0.639. The zero-order chi connectivity index (χ0) is 8.27. The molecular weight excluding hydrogens is 146 g/mol. The maximum Gasteiger partial charge on any atom is 0.407 e. The third kappa shape index (κ3) is 2.76. The fourth-order valence-corrected chi connectivity index (χ4v) is 0.703. The predicted octanol–water partition coefficient (Wildman–Crippen LogP) is 0.520. The minimum Gasteiger partial charge on any atom is -0.441 e. The lowest BCUT2D eigenvalue weighted by Gasteiger charge is -2.25. The molecule has 1 aliphatic heterocycles. The van der Waals surface area contributed by atoms with Crippen LogP contribution in [0.15, 0.2) is 0 Å². The smallest absolute Gasteiger partial charge is 0.407 e. The molecule has 1 aliphatic rings. The van der Waals surface area contributed by atoms with Gasteiger partial charge in [-0.25, -0.2) is 4.79 Å². The van der Waals surface area contributed by atoms with Gasteiger partial charge in [-0.05, 0) is 13.8 Å². The van der Waals surface area contributed by atoms with Crippen LogP contribution in [-0.4, -0.2) is 31.5 Å². The summed E-state index contributed by atoms with van der Waals surface area (Å²) in [6.45, 7) is 4.84. The van der Waals surface area contributed by atoms with Gasteiger partial charge in [-0.1, -0.05) is 0 Å². The van der Waals surface area contributed by atoms with Gasteiger partial charge in [-0.15, -0.1) is 0 Å². The molecule has 0 aromatic heterocycles. The Hall–Kier alpha value is -0.770. The van der Waals surface area contributed by atoms with Crippen molar-refractivity contribution in [2.24, 2.45) is 0 Å². The lowest BCUT2D eigenvalue weighted by Crippen LogP contribution is -2.42. The maximum atomic E-state index is 10.9. The normalized spacial score (nSPS) is 17.7. The van der Waals surface area contributed by atoms with E-state index >= 15 is 0 Å². The highest BCUT2D eigenvalue weighted by molar-refractivity contribution is 5.67. The molecule has 0 atom stereocenters.